The molecule has 0 amide bonds. The summed E-state index contributed by atoms with van der Waals surface area (Å²) in [5, 5.41) is 0. The van der Waals surface area contributed by atoms with Crippen molar-refractivity contribution in [2.75, 3.05) is 0 Å². The maximum atomic E-state index is 5.71. The second-order valence-electron chi connectivity index (χ2n) is 3.23. The summed E-state index contributed by atoms with van der Waals surface area (Å²) in [7, 11) is 0. The molecule has 0 radical (unpaired) electrons. The summed E-state index contributed by atoms with van der Waals surface area (Å²) in [6.07, 6.45) is 8.55. The summed E-state index contributed by atoms with van der Waals surface area (Å²) in [4.78, 5) is 0. The van der Waals surface area contributed by atoms with Crippen molar-refractivity contribution < 1.29 is 0 Å². The van der Waals surface area contributed by atoms with E-state index in [9.17, 15) is 0 Å². The fourth-order valence-electron chi connectivity index (χ4n) is 1.89. The Balaban J connectivity index is 2.22. The molecule has 0 aromatic heterocycles. The number of hydrogen-bond acceptors (Lipinski definition) is 1. The van der Waals surface area contributed by atoms with Gasteiger partial charge in [-0.05, 0) is 37.3 Å². The van der Waals surface area contributed by atoms with Gasteiger partial charge >= 0.3 is 0 Å². The van der Waals surface area contributed by atoms with Crippen LogP contribution < -0.4 is 5.73 Å². The van der Waals surface area contributed by atoms with Crippen LogP contribution in [0.15, 0.2) is 22.9 Å². The van der Waals surface area contributed by atoms with Gasteiger partial charge in [0.2, 0.25) is 0 Å². The van der Waals surface area contributed by atoms with E-state index in [1.165, 1.54) is 25.7 Å². The van der Waals surface area contributed by atoms with Crippen molar-refractivity contribution in [1.29, 1.82) is 0 Å². The molecule has 0 aliphatic heterocycles. The summed E-state index contributed by atoms with van der Waals surface area (Å²) in [6.45, 7) is 0. The van der Waals surface area contributed by atoms with E-state index in [0.29, 0.717) is 0 Å². The van der Waals surface area contributed by atoms with E-state index in [2.05, 4.69) is 6.08 Å². The van der Waals surface area contributed by atoms with Crippen LogP contribution in [0.1, 0.15) is 32.1 Å². The summed E-state index contributed by atoms with van der Waals surface area (Å²) in [5.41, 5.74) is 9.95. The Labute approximate surface area is 61.6 Å². The summed E-state index contributed by atoms with van der Waals surface area (Å²) >= 11 is 0. The van der Waals surface area contributed by atoms with Crippen LogP contribution in [0.4, 0.5) is 0 Å². The van der Waals surface area contributed by atoms with Crippen LogP contribution >= 0.6 is 0 Å². The first kappa shape index (κ1) is 6.02. The summed E-state index contributed by atoms with van der Waals surface area (Å²) < 4.78 is 0. The molecular formula is C9H13N. The van der Waals surface area contributed by atoms with E-state index < -0.39 is 0 Å². The number of nitrogens with two attached hydrogens (primary N) is 1. The predicted molar refractivity (Wildman–Crippen MR) is 42.4 cm³/mol. The third-order valence-electron chi connectivity index (χ3n) is 2.41. The van der Waals surface area contributed by atoms with Gasteiger partial charge in [-0.15, -0.1) is 0 Å². The second-order valence-corrected chi connectivity index (χ2v) is 3.23. The quantitative estimate of drug-likeness (QED) is 0.541. The van der Waals surface area contributed by atoms with Crippen molar-refractivity contribution in [3.05, 3.63) is 22.9 Å². The Kier molecular flexibility index (Phi) is 1.30. The van der Waals surface area contributed by atoms with Gasteiger partial charge in [-0.1, -0.05) is 5.57 Å². The van der Waals surface area contributed by atoms with Crippen molar-refractivity contribution in [2.24, 2.45) is 5.73 Å². The van der Waals surface area contributed by atoms with Gasteiger partial charge in [0.25, 0.3) is 0 Å². The Hall–Kier alpha value is -0.720. The molecule has 2 aliphatic rings. The molecule has 0 saturated heterocycles. The lowest BCUT2D eigenvalue weighted by atomic mass is 9.94. The first-order valence-electron chi connectivity index (χ1n) is 4.03. The highest BCUT2D eigenvalue weighted by molar-refractivity contribution is 5.38. The highest BCUT2D eigenvalue weighted by atomic mass is 14.6. The van der Waals surface area contributed by atoms with Gasteiger partial charge in [0, 0.05) is 12.1 Å². The predicted octanol–water partition coefficient (Wildman–Crippen LogP) is 2.10. The van der Waals surface area contributed by atoms with Crippen LogP contribution in [0.2, 0.25) is 0 Å². The standard InChI is InChI=1S/C9H13N/c10-9-5-7-3-1-2-4-8(7)6-9/h5H,1-4,6,10H2. The van der Waals surface area contributed by atoms with Gasteiger partial charge in [-0.25, -0.2) is 0 Å². The van der Waals surface area contributed by atoms with Crippen molar-refractivity contribution in [3.8, 4) is 0 Å². The molecular weight excluding hydrogens is 122 g/mol. The third-order valence-corrected chi connectivity index (χ3v) is 2.41. The van der Waals surface area contributed by atoms with Crippen molar-refractivity contribution in [2.45, 2.75) is 32.1 Å². The number of hydrogen-bond donors (Lipinski definition) is 1. The Bertz CT molecular complexity index is 211. The second kappa shape index (κ2) is 2.15. The number of allylic oxidation sites excluding steroid dienone is 3. The van der Waals surface area contributed by atoms with Crippen molar-refractivity contribution in [3.63, 3.8) is 0 Å². The molecule has 0 heterocycles. The van der Waals surface area contributed by atoms with Crippen LogP contribution in [0.3, 0.4) is 0 Å². The van der Waals surface area contributed by atoms with E-state index in [1.807, 2.05) is 0 Å². The minimum Gasteiger partial charge on any atom is -0.402 e. The Morgan fingerprint density at radius 2 is 2.00 bits per heavy atom. The fourth-order valence-corrected chi connectivity index (χ4v) is 1.89. The smallest absolute Gasteiger partial charge is 0.0125 e. The van der Waals surface area contributed by atoms with E-state index in [1.54, 1.807) is 11.1 Å². The largest absolute Gasteiger partial charge is 0.402 e. The van der Waals surface area contributed by atoms with Gasteiger partial charge < -0.3 is 5.73 Å². The third kappa shape index (κ3) is 0.859. The highest BCUT2D eigenvalue weighted by Gasteiger charge is 2.16. The maximum absolute atomic E-state index is 5.71. The van der Waals surface area contributed by atoms with Crippen molar-refractivity contribution >= 4 is 0 Å². The monoisotopic (exact) mass is 135 g/mol. The molecule has 0 spiro atoms. The van der Waals surface area contributed by atoms with Crippen LogP contribution in [0, 0.1) is 0 Å². The molecule has 0 aromatic carbocycles. The molecule has 2 rings (SSSR count). The van der Waals surface area contributed by atoms with Crippen LogP contribution in [0.25, 0.3) is 0 Å². The average Bonchev–Trinajstić information content (AvgIpc) is 2.27. The zero-order valence-electron chi connectivity index (χ0n) is 6.19. The van der Waals surface area contributed by atoms with Gasteiger partial charge in [0.1, 0.15) is 0 Å². The van der Waals surface area contributed by atoms with E-state index in [4.69, 9.17) is 5.73 Å². The number of rotatable bonds is 0. The SMILES string of the molecule is NC1=CC2=C(CCCC2)C1. The van der Waals surface area contributed by atoms with Crippen LogP contribution in [0.5, 0.6) is 0 Å². The minimum atomic E-state index is 1.06. The normalized spacial score (nSPS) is 24.6. The zero-order valence-corrected chi connectivity index (χ0v) is 6.19. The lowest BCUT2D eigenvalue weighted by molar-refractivity contribution is 0.679. The van der Waals surface area contributed by atoms with Gasteiger partial charge in [0.05, 0.1) is 0 Å². The van der Waals surface area contributed by atoms with Crippen LogP contribution in [-0.4, -0.2) is 0 Å². The summed E-state index contributed by atoms with van der Waals surface area (Å²) in [6, 6.07) is 0. The molecule has 0 unspecified atom stereocenters. The lowest BCUT2D eigenvalue weighted by Gasteiger charge is -2.12. The molecule has 0 bridgehead atoms. The molecule has 10 heavy (non-hydrogen) atoms. The van der Waals surface area contributed by atoms with Gasteiger partial charge in [-0.3, -0.25) is 0 Å². The molecule has 0 aromatic rings. The van der Waals surface area contributed by atoms with E-state index in [0.717, 1.165) is 12.1 Å². The van der Waals surface area contributed by atoms with Crippen molar-refractivity contribution in [1.82, 2.24) is 0 Å². The average molecular weight is 135 g/mol. The first-order chi connectivity index (χ1) is 4.86. The van der Waals surface area contributed by atoms with E-state index in [-0.39, 0.29) is 0 Å². The van der Waals surface area contributed by atoms with Gasteiger partial charge in [0.15, 0.2) is 0 Å². The molecule has 1 heteroatoms. The first-order valence-corrected chi connectivity index (χ1v) is 4.03. The maximum Gasteiger partial charge on any atom is 0.0125 e. The Morgan fingerprint density at radius 3 is 2.80 bits per heavy atom. The van der Waals surface area contributed by atoms with Crippen LogP contribution in [-0.2, 0) is 0 Å². The molecule has 0 fully saturated rings. The minimum absolute atomic E-state index is 1.06. The summed E-state index contributed by atoms with van der Waals surface area (Å²) in [5.74, 6) is 0. The molecule has 2 N–H and O–H groups in total. The zero-order chi connectivity index (χ0) is 6.97. The highest BCUT2D eigenvalue weighted by Crippen LogP contribution is 2.33. The Morgan fingerprint density at radius 1 is 1.20 bits per heavy atom. The molecule has 0 atom stereocenters. The fraction of sp³-hybridized carbons (Fsp3) is 0.556. The van der Waals surface area contributed by atoms with Gasteiger partial charge in [-0.2, -0.15) is 0 Å². The van der Waals surface area contributed by atoms with E-state index >= 15 is 0 Å². The molecule has 0 saturated carbocycles. The lowest BCUT2D eigenvalue weighted by Crippen LogP contribution is -1.95. The molecule has 2 aliphatic carbocycles. The molecule has 1 nitrogen and oxygen atoms in total. The molecule has 54 valence electrons. The topological polar surface area (TPSA) is 26.0 Å².